The first-order valence-corrected chi connectivity index (χ1v) is 5.58. The zero-order valence-electron chi connectivity index (χ0n) is 8.32. The maximum Gasteiger partial charge on any atom is 0.129 e. The topological polar surface area (TPSA) is 24.9 Å². The molecule has 82 valence electrons. The third-order valence-electron chi connectivity index (χ3n) is 3.48. The van der Waals surface area contributed by atoms with Crippen LogP contribution >= 0.6 is 24.0 Å². The van der Waals surface area contributed by atoms with E-state index in [-0.39, 0.29) is 12.4 Å². The summed E-state index contributed by atoms with van der Waals surface area (Å²) in [4.78, 5) is 4.14. The van der Waals surface area contributed by atoms with Gasteiger partial charge in [-0.3, -0.25) is 0 Å². The Kier molecular flexibility index (Phi) is 3.19. The second-order valence-electron chi connectivity index (χ2n) is 4.30. The summed E-state index contributed by atoms with van der Waals surface area (Å²) in [7, 11) is 0. The first-order chi connectivity index (χ1) is 6.83. The first kappa shape index (κ1) is 11.2. The van der Waals surface area contributed by atoms with Crippen molar-refractivity contribution in [2.45, 2.75) is 37.3 Å². The van der Waals surface area contributed by atoms with E-state index in [2.05, 4.69) is 16.4 Å². The molecule has 0 radical (unpaired) electrons. The molecule has 0 saturated carbocycles. The molecule has 0 aliphatic carbocycles. The van der Waals surface area contributed by atoms with Crippen molar-refractivity contribution in [3.8, 4) is 0 Å². The maximum absolute atomic E-state index is 5.77. The minimum absolute atomic E-state index is 0. The fraction of sp³-hybridized carbons (Fsp3) is 0.545. The van der Waals surface area contributed by atoms with E-state index >= 15 is 0 Å². The van der Waals surface area contributed by atoms with Crippen LogP contribution in [0.25, 0.3) is 0 Å². The Morgan fingerprint density at radius 2 is 2.20 bits per heavy atom. The van der Waals surface area contributed by atoms with Crippen molar-refractivity contribution in [2.24, 2.45) is 0 Å². The molecule has 2 aliphatic rings. The highest BCUT2D eigenvalue weighted by Gasteiger charge is 2.39. The molecule has 0 aromatic carbocycles. The second-order valence-corrected chi connectivity index (χ2v) is 4.69. The molecule has 2 fully saturated rings. The largest absolute Gasteiger partial charge is 0.311 e. The number of pyridine rings is 1. The minimum atomic E-state index is 0. The van der Waals surface area contributed by atoms with Crippen LogP contribution < -0.4 is 5.32 Å². The monoisotopic (exact) mass is 244 g/mol. The van der Waals surface area contributed by atoms with Crippen LogP contribution in [0.3, 0.4) is 0 Å². The Balaban J connectivity index is 0.000000853. The molecule has 3 atom stereocenters. The van der Waals surface area contributed by atoms with Crippen molar-refractivity contribution < 1.29 is 0 Å². The van der Waals surface area contributed by atoms with Gasteiger partial charge in [-0.2, -0.15) is 0 Å². The summed E-state index contributed by atoms with van der Waals surface area (Å²) in [6.07, 6.45) is 5.86. The summed E-state index contributed by atoms with van der Waals surface area (Å²) in [5, 5.41) is 4.22. The standard InChI is InChI=1S/C11H13ClN2.ClH/c12-11-4-1-7(6-13-11)9-5-8-2-3-10(9)14-8;/h1,4,6,8-10,14H,2-3,5H2;1H/t8-,9?,10+;/m1./s1. The number of halogens is 2. The molecule has 1 unspecified atom stereocenters. The van der Waals surface area contributed by atoms with Crippen molar-refractivity contribution in [1.29, 1.82) is 0 Å². The zero-order valence-corrected chi connectivity index (χ0v) is 9.89. The molecule has 0 amide bonds. The fourth-order valence-corrected chi connectivity index (χ4v) is 2.91. The number of aromatic nitrogens is 1. The molecule has 4 heteroatoms. The zero-order chi connectivity index (χ0) is 9.54. The van der Waals surface area contributed by atoms with Crippen LogP contribution in [0.1, 0.15) is 30.7 Å². The SMILES string of the molecule is Cl.Clc1ccc(C2C[C@H]3CC[C@@H]2N3)cn1. The third kappa shape index (κ3) is 1.99. The van der Waals surface area contributed by atoms with Crippen molar-refractivity contribution in [3.63, 3.8) is 0 Å². The van der Waals surface area contributed by atoms with E-state index in [0.717, 1.165) is 6.04 Å². The van der Waals surface area contributed by atoms with Gasteiger partial charge in [-0.05, 0) is 30.9 Å². The van der Waals surface area contributed by atoms with Crippen LogP contribution in [0.5, 0.6) is 0 Å². The van der Waals surface area contributed by atoms with Gasteiger partial charge in [0.1, 0.15) is 5.15 Å². The van der Waals surface area contributed by atoms with E-state index in [4.69, 9.17) is 11.6 Å². The molecule has 1 N–H and O–H groups in total. The summed E-state index contributed by atoms with van der Waals surface area (Å²) in [6.45, 7) is 0. The molecule has 1 aromatic heterocycles. The van der Waals surface area contributed by atoms with Gasteiger partial charge >= 0.3 is 0 Å². The van der Waals surface area contributed by atoms with E-state index < -0.39 is 0 Å². The predicted molar refractivity (Wildman–Crippen MR) is 63.8 cm³/mol. The van der Waals surface area contributed by atoms with Crippen LogP contribution in [0.2, 0.25) is 5.15 Å². The number of nitrogens with one attached hydrogen (secondary N) is 1. The van der Waals surface area contributed by atoms with E-state index in [1.165, 1.54) is 24.8 Å². The summed E-state index contributed by atoms with van der Waals surface area (Å²) in [5.74, 6) is 0.665. The van der Waals surface area contributed by atoms with Crippen LogP contribution in [-0.2, 0) is 0 Å². The van der Waals surface area contributed by atoms with Gasteiger partial charge in [0.05, 0.1) is 0 Å². The van der Waals surface area contributed by atoms with Gasteiger partial charge in [-0.15, -0.1) is 12.4 Å². The number of hydrogen-bond donors (Lipinski definition) is 1. The Morgan fingerprint density at radius 1 is 1.33 bits per heavy atom. The van der Waals surface area contributed by atoms with Gasteiger partial charge in [-0.25, -0.2) is 4.98 Å². The molecular weight excluding hydrogens is 231 g/mol. The average molecular weight is 245 g/mol. The Labute approximate surface area is 101 Å². The van der Waals surface area contributed by atoms with E-state index in [9.17, 15) is 0 Å². The molecular formula is C11H14Cl2N2. The fourth-order valence-electron chi connectivity index (χ4n) is 2.80. The number of hydrogen-bond acceptors (Lipinski definition) is 2. The van der Waals surface area contributed by atoms with Crippen LogP contribution in [-0.4, -0.2) is 17.1 Å². The summed E-state index contributed by atoms with van der Waals surface area (Å²) in [5.41, 5.74) is 1.34. The van der Waals surface area contributed by atoms with Crippen molar-refractivity contribution in [1.82, 2.24) is 10.3 Å². The lowest BCUT2D eigenvalue weighted by Crippen LogP contribution is -2.21. The molecule has 3 heterocycles. The number of nitrogens with zero attached hydrogens (tertiary/aromatic N) is 1. The van der Waals surface area contributed by atoms with Gasteiger partial charge in [-0.1, -0.05) is 17.7 Å². The lowest BCUT2D eigenvalue weighted by molar-refractivity contribution is 0.505. The summed E-state index contributed by atoms with van der Waals surface area (Å²) >= 11 is 5.77. The molecule has 2 bridgehead atoms. The van der Waals surface area contributed by atoms with Gasteiger partial charge in [0.2, 0.25) is 0 Å². The van der Waals surface area contributed by atoms with Crippen molar-refractivity contribution >= 4 is 24.0 Å². The Morgan fingerprint density at radius 3 is 2.73 bits per heavy atom. The molecule has 2 aliphatic heterocycles. The lowest BCUT2D eigenvalue weighted by atomic mass is 9.85. The predicted octanol–water partition coefficient (Wildman–Crippen LogP) is 2.76. The normalized spacial score (nSPS) is 32.7. The lowest BCUT2D eigenvalue weighted by Gasteiger charge is -2.19. The van der Waals surface area contributed by atoms with Crippen LogP contribution in [0.15, 0.2) is 18.3 Å². The quantitative estimate of drug-likeness (QED) is 0.769. The molecule has 2 saturated heterocycles. The maximum atomic E-state index is 5.77. The Bertz CT molecular complexity index is 339. The summed E-state index contributed by atoms with van der Waals surface area (Å²) < 4.78 is 0. The minimum Gasteiger partial charge on any atom is -0.311 e. The smallest absolute Gasteiger partial charge is 0.129 e. The van der Waals surface area contributed by atoms with Crippen molar-refractivity contribution in [3.05, 3.63) is 29.0 Å². The van der Waals surface area contributed by atoms with Gasteiger partial charge < -0.3 is 5.32 Å². The highest BCUT2D eigenvalue weighted by atomic mass is 35.5. The Hall–Kier alpha value is -0.310. The van der Waals surface area contributed by atoms with Crippen molar-refractivity contribution in [2.75, 3.05) is 0 Å². The highest BCUT2D eigenvalue weighted by molar-refractivity contribution is 6.29. The van der Waals surface area contributed by atoms with Gasteiger partial charge in [0, 0.05) is 24.2 Å². The molecule has 1 aromatic rings. The molecule has 3 rings (SSSR count). The van der Waals surface area contributed by atoms with E-state index in [1.54, 1.807) is 0 Å². The molecule has 15 heavy (non-hydrogen) atoms. The van der Waals surface area contributed by atoms with Gasteiger partial charge in [0.15, 0.2) is 0 Å². The van der Waals surface area contributed by atoms with Crippen LogP contribution in [0.4, 0.5) is 0 Å². The highest BCUT2D eigenvalue weighted by Crippen LogP contribution is 2.39. The van der Waals surface area contributed by atoms with Crippen LogP contribution in [0, 0.1) is 0 Å². The van der Waals surface area contributed by atoms with E-state index in [0.29, 0.717) is 17.1 Å². The summed E-state index contributed by atoms with van der Waals surface area (Å²) in [6, 6.07) is 5.44. The number of fused-ring (bicyclic) bond motifs is 2. The molecule has 0 spiro atoms. The number of rotatable bonds is 1. The third-order valence-corrected chi connectivity index (χ3v) is 3.70. The average Bonchev–Trinajstić information content (AvgIpc) is 2.80. The second kappa shape index (κ2) is 4.28. The first-order valence-electron chi connectivity index (χ1n) is 5.20. The molecule has 2 nitrogen and oxygen atoms in total. The van der Waals surface area contributed by atoms with E-state index in [1.807, 2.05) is 12.3 Å². The van der Waals surface area contributed by atoms with Gasteiger partial charge in [0.25, 0.3) is 0 Å².